The number of hydrogen-bond acceptors (Lipinski definition) is 4. The molecule has 0 aliphatic carbocycles. The number of esters is 1. The second-order valence-electron chi connectivity index (χ2n) is 9.16. The van der Waals surface area contributed by atoms with Crippen LogP contribution in [-0.2, 0) is 21.5 Å². The van der Waals surface area contributed by atoms with Gasteiger partial charge in [-0.25, -0.2) is 9.18 Å². The van der Waals surface area contributed by atoms with Crippen molar-refractivity contribution < 1.29 is 19.0 Å². The Morgan fingerprint density at radius 2 is 1.85 bits per heavy atom. The molecule has 34 heavy (non-hydrogen) atoms. The lowest BCUT2D eigenvalue weighted by molar-refractivity contribution is -0.134. The molecule has 0 bridgehead atoms. The molecule has 176 valence electrons. The van der Waals surface area contributed by atoms with Gasteiger partial charge in [0, 0.05) is 12.6 Å². The van der Waals surface area contributed by atoms with Gasteiger partial charge in [-0.2, -0.15) is 0 Å². The van der Waals surface area contributed by atoms with Crippen LogP contribution in [0.15, 0.2) is 66.7 Å². The van der Waals surface area contributed by atoms with E-state index >= 15 is 4.39 Å². The molecule has 4 rings (SSSR count). The van der Waals surface area contributed by atoms with Crippen molar-refractivity contribution in [3.8, 4) is 5.75 Å². The molecule has 5 heteroatoms. The number of carbonyl (C=O) groups excluding carboxylic acids is 1. The fourth-order valence-corrected chi connectivity index (χ4v) is 4.79. The number of halogens is 1. The van der Waals surface area contributed by atoms with Gasteiger partial charge in [0.1, 0.15) is 11.6 Å². The van der Waals surface area contributed by atoms with Crippen molar-refractivity contribution in [2.75, 3.05) is 18.6 Å². The first kappa shape index (κ1) is 23.6. The van der Waals surface area contributed by atoms with E-state index in [1.165, 1.54) is 13.2 Å². The molecule has 3 aromatic rings. The first-order valence-corrected chi connectivity index (χ1v) is 11.5. The summed E-state index contributed by atoms with van der Waals surface area (Å²) >= 11 is 0. The van der Waals surface area contributed by atoms with E-state index in [0.29, 0.717) is 18.7 Å². The molecule has 1 aliphatic rings. The van der Waals surface area contributed by atoms with Crippen molar-refractivity contribution in [1.82, 2.24) is 0 Å². The molecule has 1 N–H and O–H groups in total. The topological polar surface area (TPSA) is 49.8 Å². The van der Waals surface area contributed by atoms with Crippen LogP contribution in [0.1, 0.15) is 54.5 Å². The van der Waals surface area contributed by atoms with E-state index in [4.69, 9.17) is 0 Å². The number of benzene rings is 3. The van der Waals surface area contributed by atoms with Crippen LogP contribution in [-0.4, -0.2) is 24.7 Å². The van der Waals surface area contributed by atoms with Crippen molar-refractivity contribution in [3.05, 3.63) is 100 Å². The van der Waals surface area contributed by atoms with Crippen LogP contribution in [0, 0.1) is 5.82 Å². The van der Waals surface area contributed by atoms with Gasteiger partial charge in [0.2, 0.25) is 0 Å². The molecule has 0 amide bonds. The fourth-order valence-electron chi connectivity index (χ4n) is 4.79. The zero-order valence-electron chi connectivity index (χ0n) is 20.0. The van der Waals surface area contributed by atoms with E-state index in [2.05, 4.69) is 30.4 Å². The molecule has 0 radical (unpaired) electrons. The van der Waals surface area contributed by atoms with Crippen LogP contribution >= 0.6 is 0 Å². The van der Waals surface area contributed by atoms with E-state index in [-0.39, 0.29) is 17.5 Å². The molecule has 4 nitrogen and oxygen atoms in total. The van der Waals surface area contributed by atoms with Gasteiger partial charge >= 0.3 is 5.97 Å². The molecule has 1 unspecified atom stereocenters. The van der Waals surface area contributed by atoms with E-state index in [0.717, 1.165) is 27.8 Å². The Hall–Kier alpha value is -3.60. The average Bonchev–Trinajstić information content (AvgIpc) is 2.83. The summed E-state index contributed by atoms with van der Waals surface area (Å²) in [5.74, 6) is -0.184. The zero-order valence-corrected chi connectivity index (χ0v) is 20.0. The summed E-state index contributed by atoms with van der Waals surface area (Å²) in [6, 6.07) is 18.8. The number of methoxy groups -OCH3 is 1. The van der Waals surface area contributed by atoms with Gasteiger partial charge in [-0.05, 0) is 77.4 Å². The summed E-state index contributed by atoms with van der Waals surface area (Å²) < 4.78 is 20.1. The first-order valence-electron chi connectivity index (χ1n) is 11.5. The first-order chi connectivity index (χ1) is 16.2. The van der Waals surface area contributed by atoms with E-state index in [1.54, 1.807) is 24.3 Å². The zero-order chi connectivity index (χ0) is 24.5. The molecule has 1 atom stereocenters. The highest BCUT2D eigenvalue weighted by atomic mass is 19.1. The predicted molar refractivity (Wildman–Crippen MR) is 134 cm³/mol. The second-order valence-corrected chi connectivity index (χ2v) is 9.16. The third-order valence-electron chi connectivity index (χ3n) is 6.77. The van der Waals surface area contributed by atoms with Crippen LogP contribution in [0.4, 0.5) is 10.1 Å². The summed E-state index contributed by atoms with van der Waals surface area (Å²) in [4.78, 5) is 13.6. The Morgan fingerprint density at radius 3 is 2.50 bits per heavy atom. The third-order valence-corrected chi connectivity index (χ3v) is 6.77. The van der Waals surface area contributed by atoms with Crippen LogP contribution in [0.2, 0.25) is 0 Å². The third kappa shape index (κ3) is 4.30. The normalized spacial score (nSPS) is 17.8. The molecule has 0 aromatic heterocycles. The minimum absolute atomic E-state index is 0.227. The van der Waals surface area contributed by atoms with Crippen molar-refractivity contribution in [3.63, 3.8) is 0 Å². The standard InChI is InChI=1S/C29H30FNO3/c1-19(2)21-8-13-27(26(30)18-21)31-16-15-22-17-24(32)11-12-25(22)29(31,3)23-9-5-20(6-10-23)7-14-28(33)34-4/h5-14,17-19,32H,15-16H2,1-4H3/b14-7+. The molecule has 1 heterocycles. The fraction of sp³-hybridized carbons (Fsp3) is 0.276. The number of ether oxygens (including phenoxy) is 1. The number of nitrogens with zero attached hydrogens (tertiary/aromatic N) is 1. The summed E-state index contributed by atoms with van der Waals surface area (Å²) in [5.41, 5.74) is 4.79. The number of carbonyl (C=O) groups is 1. The quantitative estimate of drug-likeness (QED) is 0.366. The van der Waals surface area contributed by atoms with Crippen molar-refractivity contribution >= 4 is 17.7 Å². The molecule has 0 fully saturated rings. The smallest absolute Gasteiger partial charge is 0.330 e. The second kappa shape index (κ2) is 9.34. The Balaban J connectivity index is 1.82. The van der Waals surface area contributed by atoms with Gasteiger partial charge in [-0.15, -0.1) is 0 Å². The SMILES string of the molecule is COC(=O)/C=C/c1ccc(C2(C)c3ccc(O)cc3CCN2c2ccc(C(C)C)cc2F)cc1. The van der Waals surface area contributed by atoms with Gasteiger partial charge < -0.3 is 14.7 Å². The van der Waals surface area contributed by atoms with Crippen molar-refractivity contribution in [2.45, 2.75) is 38.6 Å². The molecular weight excluding hydrogens is 429 g/mol. The van der Waals surface area contributed by atoms with E-state index in [1.807, 2.05) is 42.5 Å². The Morgan fingerprint density at radius 1 is 1.12 bits per heavy atom. The number of anilines is 1. The average molecular weight is 460 g/mol. The monoisotopic (exact) mass is 459 g/mol. The van der Waals surface area contributed by atoms with Crippen LogP contribution in [0.3, 0.4) is 0 Å². The lowest BCUT2D eigenvalue weighted by atomic mass is 9.76. The van der Waals surface area contributed by atoms with Crippen molar-refractivity contribution in [1.29, 1.82) is 0 Å². The maximum atomic E-state index is 15.4. The maximum Gasteiger partial charge on any atom is 0.330 e. The number of phenols is 1. The van der Waals surface area contributed by atoms with Gasteiger partial charge in [0.05, 0.1) is 18.3 Å². The van der Waals surface area contributed by atoms with Crippen LogP contribution in [0.5, 0.6) is 5.75 Å². The van der Waals surface area contributed by atoms with Crippen LogP contribution in [0.25, 0.3) is 6.08 Å². The number of aromatic hydroxyl groups is 1. The molecule has 1 aliphatic heterocycles. The Kier molecular flexibility index (Phi) is 6.47. The highest BCUT2D eigenvalue weighted by Crippen LogP contribution is 2.45. The van der Waals surface area contributed by atoms with E-state index < -0.39 is 11.5 Å². The minimum Gasteiger partial charge on any atom is -0.508 e. The van der Waals surface area contributed by atoms with Gasteiger partial charge in [0.25, 0.3) is 0 Å². The largest absolute Gasteiger partial charge is 0.508 e. The summed E-state index contributed by atoms with van der Waals surface area (Å²) in [5, 5.41) is 10.1. The van der Waals surface area contributed by atoms with Crippen molar-refractivity contribution in [2.24, 2.45) is 0 Å². The lowest BCUT2D eigenvalue weighted by Gasteiger charge is -2.48. The van der Waals surface area contributed by atoms with E-state index in [9.17, 15) is 9.90 Å². The number of phenolic OH excluding ortho intramolecular Hbond substituents is 1. The molecule has 0 spiro atoms. The minimum atomic E-state index is -0.661. The Labute approximate surface area is 200 Å². The summed E-state index contributed by atoms with van der Waals surface area (Å²) in [6.07, 6.45) is 3.78. The van der Waals surface area contributed by atoms with Gasteiger partial charge in [0.15, 0.2) is 0 Å². The number of rotatable bonds is 5. The molecule has 0 saturated heterocycles. The molecule has 0 saturated carbocycles. The van der Waals surface area contributed by atoms with Gasteiger partial charge in [-0.3, -0.25) is 0 Å². The maximum absolute atomic E-state index is 15.4. The van der Waals surface area contributed by atoms with Crippen LogP contribution < -0.4 is 4.90 Å². The summed E-state index contributed by atoms with van der Waals surface area (Å²) in [7, 11) is 1.34. The highest BCUT2D eigenvalue weighted by molar-refractivity contribution is 5.86. The van der Waals surface area contributed by atoms with Gasteiger partial charge in [-0.1, -0.05) is 50.2 Å². The Bertz CT molecular complexity index is 1230. The summed E-state index contributed by atoms with van der Waals surface area (Å²) in [6.45, 7) is 6.81. The number of fused-ring (bicyclic) bond motifs is 1. The predicted octanol–water partition coefficient (Wildman–Crippen LogP) is 6.17. The highest BCUT2D eigenvalue weighted by Gasteiger charge is 2.41. The molecule has 3 aromatic carbocycles. The lowest BCUT2D eigenvalue weighted by Crippen LogP contribution is -2.50. The molecular formula is C29H30FNO3. The number of hydrogen-bond donors (Lipinski definition) is 1.